The van der Waals surface area contributed by atoms with Crippen molar-refractivity contribution < 1.29 is 34.4 Å². The number of hydrogen-bond acceptors (Lipinski definition) is 6. The summed E-state index contributed by atoms with van der Waals surface area (Å²) in [5, 5.41) is 28.8. The molecule has 7 nitrogen and oxygen atoms in total. The van der Waals surface area contributed by atoms with Gasteiger partial charge in [-0.05, 0) is 31.4 Å². The highest BCUT2D eigenvalue weighted by molar-refractivity contribution is 5.85. The Morgan fingerprint density at radius 3 is 2.68 bits per heavy atom. The summed E-state index contributed by atoms with van der Waals surface area (Å²) >= 11 is 0. The highest BCUT2D eigenvalue weighted by Crippen LogP contribution is 2.29. The summed E-state index contributed by atoms with van der Waals surface area (Å²) in [6, 6.07) is 9.10. The first-order valence-corrected chi connectivity index (χ1v) is 9.52. The lowest BCUT2D eigenvalue weighted by atomic mass is 9.99. The fraction of sp³-hybridized carbons (Fsp3) is 0.524. The molecule has 1 saturated carbocycles. The maximum absolute atomic E-state index is 12.1. The number of carbonyl (C=O) groups is 2. The van der Waals surface area contributed by atoms with Crippen LogP contribution in [0, 0.1) is 5.92 Å². The van der Waals surface area contributed by atoms with Gasteiger partial charge in [-0.2, -0.15) is 0 Å². The van der Waals surface area contributed by atoms with Crippen LogP contribution in [0.15, 0.2) is 42.5 Å². The summed E-state index contributed by atoms with van der Waals surface area (Å²) in [7, 11) is 0. The maximum Gasteiger partial charge on any atom is 0.303 e. The number of carboxylic acids is 1. The first-order chi connectivity index (χ1) is 13.5. The Morgan fingerprint density at radius 1 is 1.21 bits per heavy atom. The van der Waals surface area contributed by atoms with Gasteiger partial charge in [0.2, 0.25) is 0 Å². The number of para-hydroxylation sites is 1. The number of Topliss-reactive ketones (excluding diaryl/α,β-unsaturated/α-hetero) is 1. The van der Waals surface area contributed by atoms with Crippen molar-refractivity contribution in [2.45, 2.75) is 50.4 Å². The van der Waals surface area contributed by atoms with E-state index in [9.17, 15) is 19.8 Å². The van der Waals surface area contributed by atoms with Crippen LogP contribution in [0.5, 0.6) is 5.75 Å². The van der Waals surface area contributed by atoms with E-state index in [0.717, 1.165) is 0 Å². The van der Waals surface area contributed by atoms with E-state index in [-0.39, 0.29) is 31.8 Å². The van der Waals surface area contributed by atoms with E-state index in [1.165, 1.54) is 0 Å². The second-order valence-electron chi connectivity index (χ2n) is 6.91. The zero-order valence-corrected chi connectivity index (χ0v) is 15.8. The number of unbranched alkanes of at least 4 members (excludes halogenated alkanes) is 1. The summed E-state index contributed by atoms with van der Waals surface area (Å²) in [5.74, 6) is -0.718. The standard InChI is InChI=1S/C21H28O7/c22-15(13-27-16-8-4-3-5-9-16)14-28-21-17(18(23)12-19(21)24)10-6-1-2-7-11-20(25)26/h1,3-6,8-9,15,17,19,21-22,24H,2,7,10-14H2,(H,25,26)/b6-1-/t15?,17-,19+,21+/m0/s1. The molecule has 1 aliphatic rings. The molecule has 2 rings (SSSR count). The van der Waals surface area contributed by atoms with E-state index < -0.39 is 30.2 Å². The molecule has 7 heteroatoms. The number of aliphatic hydroxyl groups excluding tert-OH is 2. The normalized spacial score (nSPS) is 23.2. The minimum atomic E-state index is -0.889. The highest BCUT2D eigenvalue weighted by atomic mass is 16.5. The van der Waals surface area contributed by atoms with Gasteiger partial charge in [0.1, 0.15) is 24.2 Å². The largest absolute Gasteiger partial charge is 0.491 e. The SMILES string of the molecule is O=C(O)CCC/C=C\C[C@H]1C(=O)C[C@@H](O)[C@@H]1OCC(O)COc1ccccc1. The number of carbonyl (C=O) groups excluding carboxylic acids is 1. The van der Waals surface area contributed by atoms with Gasteiger partial charge in [0.05, 0.1) is 18.8 Å². The molecule has 0 heterocycles. The molecule has 1 aromatic carbocycles. The number of allylic oxidation sites excluding steroid dienone is 2. The van der Waals surface area contributed by atoms with Crippen molar-refractivity contribution in [3.8, 4) is 5.75 Å². The number of ketones is 1. The Hall–Kier alpha value is -2.22. The molecule has 154 valence electrons. The van der Waals surface area contributed by atoms with Crippen LogP contribution in [-0.2, 0) is 14.3 Å². The van der Waals surface area contributed by atoms with Gasteiger partial charge in [0.25, 0.3) is 0 Å². The third-order valence-corrected chi connectivity index (χ3v) is 4.58. The van der Waals surface area contributed by atoms with Gasteiger partial charge in [-0.25, -0.2) is 0 Å². The Morgan fingerprint density at radius 2 is 1.96 bits per heavy atom. The van der Waals surface area contributed by atoms with E-state index in [1.54, 1.807) is 12.1 Å². The zero-order valence-electron chi connectivity index (χ0n) is 15.8. The first-order valence-electron chi connectivity index (χ1n) is 9.52. The van der Waals surface area contributed by atoms with Crippen molar-refractivity contribution >= 4 is 11.8 Å². The number of rotatable bonds is 12. The Kier molecular flexibility index (Phi) is 9.13. The van der Waals surface area contributed by atoms with Gasteiger partial charge in [0.15, 0.2) is 0 Å². The molecule has 1 fully saturated rings. The van der Waals surface area contributed by atoms with Gasteiger partial charge in [-0.3, -0.25) is 9.59 Å². The van der Waals surface area contributed by atoms with Gasteiger partial charge in [-0.1, -0.05) is 30.4 Å². The predicted octanol–water partition coefficient (Wildman–Crippen LogP) is 1.96. The van der Waals surface area contributed by atoms with E-state index in [4.69, 9.17) is 14.6 Å². The molecule has 3 N–H and O–H groups in total. The molecule has 4 atom stereocenters. The summed E-state index contributed by atoms with van der Waals surface area (Å²) < 4.78 is 11.1. The monoisotopic (exact) mass is 392 g/mol. The molecule has 0 spiro atoms. The van der Waals surface area contributed by atoms with Crippen LogP contribution in [0.2, 0.25) is 0 Å². The van der Waals surface area contributed by atoms with Crippen molar-refractivity contribution in [1.29, 1.82) is 0 Å². The van der Waals surface area contributed by atoms with Crippen molar-refractivity contribution in [1.82, 2.24) is 0 Å². The predicted molar refractivity (Wildman–Crippen MR) is 102 cm³/mol. The number of aliphatic carboxylic acids is 1. The van der Waals surface area contributed by atoms with E-state index >= 15 is 0 Å². The van der Waals surface area contributed by atoms with E-state index in [2.05, 4.69) is 0 Å². The molecule has 28 heavy (non-hydrogen) atoms. The zero-order chi connectivity index (χ0) is 20.4. The van der Waals surface area contributed by atoms with Gasteiger partial charge in [0, 0.05) is 18.8 Å². The summed E-state index contributed by atoms with van der Waals surface area (Å²) in [4.78, 5) is 22.6. The number of ether oxygens (including phenoxy) is 2. The molecule has 0 saturated heterocycles. The lowest BCUT2D eigenvalue weighted by Crippen LogP contribution is -2.34. The van der Waals surface area contributed by atoms with Crippen molar-refractivity contribution in [3.63, 3.8) is 0 Å². The summed E-state index contributed by atoms with van der Waals surface area (Å²) in [5.41, 5.74) is 0. The number of carboxylic acid groups (broad SMARTS) is 1. The summed E-state index contributed by atoms with van der Waals surface area (Å²) in [6.45, 7) is 0.00951. The summed E-state index contributed by atoms with van der Waals surface area (Å²) in [6.07, 6.45) is 2.98. The molecule has 1 aliphatic carbocycles. The van der Waals surface area contributed by atoms with E-state index in [0.29, 0.717) is 25.0 Å². The Labute approximate surface area is 164 Å². The quantitative estimate of drug-likeness (QED) is 0.368. The fourth-order valence-electron chi connectivity index (χ4n) is 3.13. The topological polar surface area (TPSA) is 113 Å². The molecule has 0 aliphatic heterocycles. The Balaban J connectivity index is 1.75. The third kappa shape index (κ3) is 7.42. The van der Waals surface area contributed by atoms with Crippen LogP contribution < -0.4 is 4.74 Å². The minimum absolute atomic E-state index is 0.0405. The van der Waals surface area contributed by atoms with Crippen molar-refractivity contribution in [3.05, 3.63) is 42.5 Å². The number of aliphatic hydroxyl groups is 2. The number of hydrogen-bond donors (Lipinski definition) is 3. The van der Waals surface area contributed by atoms with Gasteiger partial charge in [-0.15, -0.1) is 0 Å². The van der Waals surface area contributed by atoms with Crippen LogP contribution in [0.4, 0.5) is 0 Å². The maximum atomic E-state index is 12.1. The first kappa shape index (κ1) is 22.1. The van der Waals surface area contributed by atoms with Crippen molar-refractivity contribution in [2.24, 2.45) is 5.92 Å². The molecular formula is C21H28O7. The van der Waals surface area contributed by atoms with E-state index in [1.807, 2.05) is 30.4 Å². The average Bonchev–Trinajstić information content (AvgIpc) is 2.94. The number of benzene rings is 1. The fourth-order valence-corrected chi connectivity index (χ4v) is 3.13. The van der Waals surface area contributed by atoms with Crippen LogP contribution >= 0.6 is 0 Å². The highest BCUT2D eigenvalue weighted by Gasteiger charge is 2.41. The Bertz CT molecular complexity index is 643. The molecule has 1 unspecified atom stereocenters. The molecule has 0 bridgehead atoms. The van der Waals surface area contributed by atoms with Gasteiger partial charge >= 0.3 is 5.97 Å². The van der Waals surface area contributed by atoms with Crippen LogP contribution in [0.3, 0.4) is 0 Å². The lowest BCUT2D eigenvalue weighted by molar-refractivity contribution is -0.137. The average molecular weight is 392 g/mol. The second kappa shape index (κ2) is 11.6. The van der Waals surface area contributed by atoms with Crippen molar-refractivity contribution in [2.75, 3.05) is 13.2 Å². The molecule has 0 amide bonds. The molecule has 0 aromatic heterocycles. The molecular weight excluding hydrogens is 364 g/mol. The molecule has 1 aromatic rings. The van der Waals surface area contributed by atoms with Crippen LogP contribution in [0.25, 0.3) is 0 Å². The smallest absolute Gasteiger partial charge is 0.303 e. The van der Waals surface area contributed by atoms with Crippen LogP contribution in [0.1, 0.15) is 32.1 Å². The second-order valence-corrected chi connectivity index (χ2v) is 6.91. The third-order valence-electron chi connectivity index (χ3n) is 4.58. The van der Waals surface area contributed by atoms with Crippen LogP contribution in [-0.4, -0.2) is 58.6 Å². The molecule has 0 radical (unpaired) electrons. The minimum Gasteiger partial charge on any atom is -0.491 e. The lowest BCUT2D eigenvalue weighted by Gasteiger charge is -2.22. The van der Waals surface area contributed by atoms with Gasteiger partial charge < -0.3 is 24.8 Å².